The molecule has 0 aromatic heterocycles. The second kappa shape index (κ2) is 8.94. The number of amidine groups is 1. The maximum absolute atomic E-state index is 11.0. The Morgan fingerprint density at radius 3 is 2.68 bits per heavy atom. The van der Waals surface area contributed by atoms with E-state index >= 15 is 0 Å². The van der Waals surface area contributed by atoms with E-state index in [1.165, 1.54) is 0 Å². The standard InChI is InChI=1S/C19H26N6O3/c1-12(2)25-11-21-16-17(20-9-13-6-4-3-5-7-13)23-19(24-18(16)25)22-14(10-26)8-15(27)28/h3-7,11-12,14,16-17,20,26H,8-10H2,1-2H3,(H,22,23)(H,27,28)/t14-,16?,17?/m1/s1. The molecule has 0 saturated carbocycles. The second-order valence-electron chi connectivity index (χ2n) is 7.07. The number of nitrogens with zero attached hydrogens (tertiary/aromatic N) is 4. The molecule has 0 radical (unpaired) electrons. The van der Waals surface area contributed by atoms with Crippen LogP contribution in [0.3, 0.4) is 0 Å². The fourth-order valence-corrected chi connectivity index (χ4v) is 3.11. The number of nitrogens with one attached hydrogen (secondary N) is 2. The number of aliphatic carboxylic acids is 1. The minimum atomic E-state index is -1.000. The largest absolute Gasteiger partial charge is 0.481 e. The lowest BCUT2D eigenvalue weighted by Crippen LogP contribution is -2.51. The van der Waals surface area contributed by atoms with E-state index in [9.17, 15) is 9.90 Å². The van der Waals surface area contributed by atoms with Crippen molar-refractivity contribution in [1.82, 2.24) is 15.5 Å². The maximum Gasteiger partial charge on any atom is 0.305 e. The highest BCUT2D eigenvalue weighted by Crippen LogP contribution is 2.20. The zero-order valence-electron chi connectivity index (χ0n) is 16.0. The van der Waals surface area contributed by atoms with Gasteiger partial charge in [0.15, 0.2) is 0 Å². The van der Waals surface area contributed by atoms with Gasteiger partial charge in [0.25, 0.3) is 0 Å². The zero-order chi connectivity index (χ0) is 20.1. The van der Waals surface area contributed by atoms with Crippen LogP contribution >= 0.6 is 0 Å². The number of rotatable bonds is 8. The number of carbonyl (C=O) groups is 1. The van der Waals surface area contributed by atoms with Gasteiger partial charge in [0.2, 0.25) is 5.96 Å². The summed E-state index contributed by atoms with van der Waals surface area (Å²) >= 11 is 0. The van der Waals surface area contributed by atoms with Crippen LogP contribution in [0.25, 0.3) is 0 Å². The lowest BCUT2D eigenvalue weighted by Gasteiger charge is -2.30. The third kappa shape index (κ3) is 4.73. The van der Waals surface area contributed by atoms with E-state index in [1.54, 1.807) is 6.34 Å². The van der Waals surface area contributed by atoms with E-state index in [0.717, 1.165) is 11.4 Å². The molecule has 2 unspecified atom stereocenters. The molecule has 1 aromatic carbocycles. The van der Waals surface area contributed by atoms with E-state index in [1.807, 2.05) is 49.1 Å². The Morgan fingerprint density at radius 2 is 2.04 bits per heavy atom. The average molecular weight is 386 g/mol. The molecule has 0 aliphatic carbocycles. The Balaban J connectivity index is 1.79. The first-order valence-electron chi connectivity index (χ1n) is 9.32. The van der Waals surface area contributed by atoms with Crippen molar-refractivity contribution < 1.29 is 15.0 Å². The number of aliphatic hydroxyl groups is 1. The van der Waals surface area contributed by atoms with Crippen molar-refractivity contribution in [1.29, 1.82) is 0 Å². The van der Waals surface area contributed by atoms with Crippen molar-refractivity contribution >= 4 is 24.1 Å². The molecule has 28 heavy (non-hydrogen) atoms. The van der Waals surface area contributed by atoms with E-state index in [-0.39, 0.29) is 31.3 Å². The van der Waals surface area contributed by atoms with Crippen LogP contribution in [0.2, 0.25) is 0 Å². The van der Waals surface area contributed by atoms with Crippen LogP contribution in [0.4, 0.5) is 0 Å². The predicted molar refractivity (Wildman–Crippen MR) is 107 cm³/mol. The first-order valence-corrected chi connectivity index (χ1v) is 9.32. The van der Waals surface area contributed by atoms with Crippen molar-refractivity contribution in [2.24, 2.45) is 15.0 Å². The minimum absolute atomic E-state index is 0.175. The van der Waals surface area contributed by atoms with Crippen molar-refractivity contribution in [3.63, 3.8) is 0 Å². The molecule has 0 spiro atoms. The molecule has 3 rings (SSSR count). The molecule has 0 amide bonds. The highest BCUT2D eigenvalue weighted by Gasteiger charge is 2.37. The number of aliphatic hydroxyl groups excluding tert-OH is 1. The quantitative estimate of drug-likeness (QED) is 0.514. The normalized spacial score (nSPS) is 21.9. The molecule has 2 heterocycles. The number of aliphatic imine (C=N–C) groups is 3. The summed E-state index contributed by atoms with van der Waals surface area (Å²) in [5.74, 6) is 0.0542. The smallest absolute Gasteiger partial charge is 0.305 e. The van der Waals surface area contributed by atoms with Gasteiger partial charge < -0.3 is 20.4 Å². The molecule has 0 saturated heterocycles. The Hall–Kier alpha value is -2.78. The van der Waals surface area contributed by atoms with E-state index in [4.69, 9.17) is 5.11 Å². The van der Waals surface area contributed by atoms with Crippen molar-refractivity contribution in [2.75, 3.05) is 6.61 Å². The molecule has 9 nitrogen and oxygen atoms in total. The van der Waals surface area contributed by atoms with Gasteiger partial charge in [-0.25, -0.2) is 4.99 Å². The van der Waals surface area contributed by atoms with Crippen LogP contribution in [0.15, 0.2) is 45.3 Å². The third-order valence-electron chi connectivity index (χ3n) is 4.55. The van der Waals surface area contributed by atoms with E-state index in [0.29, 0.717) is 12.5 Å². The number of guanidine groups is 1. The molecule has 1 aromatic rings. The molecule has 3 atom stereocenters. The predicted octanol–water partition coefficient (Wildman–Crippen LogP) is 0.417. The number of hydrogen-bond acceptors (Lipinski definition) is 8. The average Bonchev–Trinajstić information content (AvgIpc) is 3.10. The zero-order valence-corrected chi connectivity index (χ0v) is 16.0. The Kier molecular flexibility index (Phi) is 6.37. The van der Waals surface area contributed by atoms with Gasteiger partial charge in [-0.3, -0.25) is 15.1 Å². The second-order valence-corrected chi connectivity index (χ2v) is 7.07. The van der Waals surface area contributed by atoms with E-state index in [2.05, 4.69) is 25.6 Å². The molecule has 4 N–H and O–H groups in total. The third-order valence-corrected chi connectivity index (χ3v) is 4.55. The highest BCUT2D eigenvalue weighted by atomic mass is 16.4. The molecule has 0 bridgehead atoms. The molecule has 150 valence electrons. The van der Waals surface area contributed by atoms with Crippen LogP contribution in [-0.2, 0) is 11.3 Å². The first-order chi connectivity index (χ1) is 13.5. The van der Waals surface area contributed by atoms with Crippen molar-refractivity contribution in [3.8, 4) is 0 Å². The lowest BCUT2D eigenvalue weighted by molar-refractivity contribution is -0.137. The van der Waals surface area contributed by atoms with Crippen molar-refractivity contribution in [3.05, 3.63) is 35.9 Å². The number of hydrogen-bond donors (Lipinski definition) is 4. The van der Waals surface area contributed by atoms with Gasteiger partial charge in [0, 0.05) is 12.6 Å². The summed E-state index contributed by atoms with van der Waals surface area (Å²) in [7, 11) is 0. The summed E-state index contributed by atoms with van der Waals surface area (Å²) in [6.45, 7) is 4.38. The van der Waals surface area contributed by atoms with Crippen LogP contribution in [0.1, 0.15) is 25.8 Å². The van der Waals surface area contributed by atoms with Gasteiger partial charge in [0.1, 0.15) is 18.0 Å². The summed E-state index contributed by atoms with van der Waals surface area (Å²) in [5, 5.41) is 24.8. The fraction of sp³-hybridized carbons (Fsp3) is 0.474. The van der Waals surface area contributed by atoms with Crippen LogP contribution < -0.4 is 10.6 Å². The van der Waals surface area contributed by atoms with E-state index < -0.39 is 12.0 Å². The molecular weight excluding hydrogens is 360 g/mol. The van der Waals surface area contributed by atoms with Crippen LogP contribution in [0, 0.1) is 0 Å². The molecule has 9 heteroatoms. The molecular formula is C19H26N6O3. The lowest BCUT2D eigenvalue weighted by atomic mass is 10.1. The fourth-order valence-electron chi connectivity index (χ4n) is 3.11. The summed E-state index contributed by atoms with van der Waals surface area (Å²) in [6, 6.07) is 9.25. The highest BCUT2D eigenvalue weighted by molar-refractivity contribution is 6.08. The minimum Gasteiger partial charge on any atom is -0.481 e. The summed E-state index contributed by atoms with van der Waals surface area (Å²) in [4.78, 5) is 26.7. The van der Waals surface area contributed by atoms with Crippen molar-refractivity contribution in [2.45, 2.75) is 51.1 Å². The van der Waals surface area contributed by atoms with Gasteiger partial charge in [-0.1, -0.05) is 30.3 Å². The Labute approximate surface area is 163 Å². The van der Waals surface area contributed by atoms with Crippen LogP contribution in [-0.4, -0.2) is 70.1 Å². The molecule has 2 aliphatic rings. The van der Waals surface area contributed by atoms with Gasteiger partial charge >= 0.3 is 5.97 Å². The van der Waals surface area contributed by atoms with Gasteiger partial charge in [-0.05, 0) is 19.4 Å². The molecule has 0 fully saturated rings. The van der Waals surface area contributed by atoms with Gasteiger partial charge in [0.05, 0.1) is 25.4 Å². The monoisotopic (exact) mass is 386 g/mol. The van der Waals surface area contributed by atoms with Gasteiger partial charge in [-0.15, -0.1) is 0 Å². The number of fused-ring (bicyclic) bond motifs is 1. The summed E-state index contributed by atoms with van der Waals surface area (Å²) < 4.78 is 0. The number of carboxylic acids is 1. The molecule has 2 aliphatic heterocycles. The van der Waals surface area contributed by atoms with Crippen LogP contribution in [0.5, 0.6) is 0 Å². The first kappa shape index (κ1) is 20.0. The Morgan fingerprint density at radius 1 is 1.29 bits per heavy atom. The summed E-state index contributed by atoms with van der Waals surface area (Å²) in [5.41, 5.74) is 1.12. The maximum atomic E-state index is 11.0. The number of carboxylic acid groups (broad SMARTS) is 1. The summed E-state index contributed by atoms with van der Waals surface area (Å²) in [6.07, 6.45) is 1.19. The van der Waals surface area contributed by atoms with Gasteiger partial charge in [-0.2, -0.15) is 4.99 Å². The topological polar surface area (TPSA) is 122 Å². The Bertz CT molecular complexity index is 777. The number of benzene rings is 1. The SMILES string of the molecule is CC(C)N1C=NC2C1=NC(N[C@@H](CO)CC(=O)O)=NC2NCc1ccccc1.